The predicted molar refractivity (Wildman–Crippen MR) is 93.5 cm³/mol. The molecule has 0 bridgehead atoms. The monoisotopic (exact) mass is 355 g/mol. The number of carbonyl (C=O) groups excluding carboxylic acids is 1. The smallest absolute Gasteiger partial charge is 0.229 e. The van der Waals surface area contributed by atoms with Crippen LogP contribution in [0, 0.1) is 11.6 Å². The van der Waals surface area contributed by atoms with Crippen molar-refractivity contribution in [1.82, 2.24) is 9.55 Å². The average molecular weight is 355 g/mol. The van der Waals surface area contributed by atoms with Crippen LogP contribution in [0.4, 0.5) is 14.5 Å². The van der Waals surface area contributed by atoms with Crippen LogP contribution in [0.25, 0.3) is 16.6 Å². The van der Waals surface area contributed by atoms with Crippen LogP contribution in [0.3, 0.4) is 0 Å². The maximum atomic E-state index is 13.7. The number of aromatic nitrogens is 2. The van der Waals surface area contributed by atoms with E-state index in [1.807, 2.05) is 4.57 Å². The van der Waals surface area contributed by atoms with Crippen LogP contribution >= 0.6 is 0 Å². The first-order valence-corrected chi connectivity index (χ1v) is 8.14. The van der Waals surface area contributed by atoms with Gasteiger partial charge in [-0.2, -0.15) is 0 Å². The van der Waals surface area contributed by atoms with Crippen molar-refractivity contribution >= 4 is 28.2 Å². The molecule has 2 aromatic carbocycles. The number of nitrogens with zero attached hydrogens (tertiary/aromatic N) is 2. The van der Waals surface area contributed by atoms with Crippen LogP contribution in [0.5, 0.6) is 0 Å². The highest BCUT2D eigenvalue weighted by Crippen LogP contribution is 2.32. The van der Waals surface area contributed by atoms with Gasteiger partial charge in [0.05, 0.1) is 23.1 Å². The molecule has 26 heavy (non-hydrogen) atoms. The molecule has 1 aliphatic heterocycles. The van der Waals surface area contributed by atoms with Crippen molar-refractivity contribution in [3.63, 3.8) is 0 Å². The maximum Gasteiger partial charge on any atom is 0.229 e. The minimum atomic E-state index is -0.537. The lowest BCUT2D eigenvalue weighted by Gasteiger charge is -2.19. The molecule has 2 heterocycles. The Hall–Kier alpha value is -3.22. The van der Waals surface area contributed by atoms with Gasteiger partial charge in [0, 0.05) is 24.6 Å². The van der Waals surface area contributed by atoms with Crippen molar-refractivity contribution in [3.05, 3.63) is 65.7 Å². The van der Waals surface area contributed by atoms with E-state index in [4.69, 9.17) is 0 Å². The van der Waals surface area contributed by atoms with E-state index >= 15 is 0 Å². The summed E-state index contributed by atoms with van der Waals surface area (Å²) in [5, 5.41) is 12.8. The van der Waals surface area contributed by atoms with E-state index in [9.17, 15) is 18.7 Å². The normalized spacial score (nSPS) is 13.8. The van der Waals surface area contributed by atoms with E-state index in [1.165, 1.54) is 30.3 Å². The Kier molecular flexibility index (Phi) is 3.91. The molecule has 0 atom stereocenters. The number of nitrogens with one attached hydrogen (secondary N) is 1. The SMILES string of the molecule is O=C(CC1=C(O)CCn2c1nc1cc(F)ccc12)Nc1ccccc1F. The topological polar surface area (TPSA) is 67.1 Å². The van der Waals surface area contributed by atoms with Crippen molar-refractivity contribution in [2.24, 2.45) is 0 Å². The Bertz CT molecular complexity index is 1060. The molecular formula is C19H15F2N3O2. The molecule has 1 aliphatic rings. The number of anilines is 1. The summed E-state index contributed by atoms with van der Waals surface area (Å²) < 4.78 is 29.0. The van der Waals surface area contributed by atoms with E-state index in [0.717, 1.165) is 5.52 Å². The Labute approximate surface area is 147 Å². The number of para-hydroxylation sites is 1. The lowest BCUT2D eigenvalue weighted by atomic mass is 10.0. The predicted octanol–water partition coefficient (Wildman–Crippen LogP) is 4.02. The molecule has 132 valence electrons. The molecule has 1 aromatic heterocycles. The third kappa shape index (κ3) is 2.81. The summed E-state index contributed by atoms with van der Waals surface area (Å²) in [6, 6.07) is 10.1. The molecular weight excluding hydrogens is 340 g/mol. The minimum Gasteiger partial charge on any atom is -0.512 e. The molecule has 0 saturated carbocycles. The number of hydrogen-bond acceptors (Lipinski definition) is 3. The standard InChI is InChI=1S/C19H15F2N3O2/c20-11-5-6-16-15(9-11)23-19-12(17(25)7-8-24(16)19)10-18(26)22-14-4-2-1-3-13(14)21/h1-6,9,25H,7-8,10H2,(H,22,26). The largest absolute Gasteiger partial charge is 0.512 e. The molecule has 7 heteroatoms. The van der Waals surface area contributed by atoms with Crippen LogP contribution in [0.15, 0.2) is 48.2 Å². The van der Waals surface area contributed by atoms with Crippen molar-refractivity contribution in [2.45, 2.75) is 19.4 Å². The van der Waals surface area contributed by atoms with Gasteiger partial charge in [0.1, 0.15) is 23.2 Å². The van der Waals surface area contributed by atoms with Crippen molar-refractivity contribution in [2.75, 3.05) is 5.32 Å². The Morgan fingerprint density at radius 2 is 2.04 bits per heavy atom. The number of aliphatic hydroxyl groups excluding tert-OH is 1. The zero-order valence-electron chi connectivity index (χ0n) is 13.7. The van der Waals surface area contributed by atoms with Gasteiger partial charge in [0.15, 0.2) is 0 Å². The third-order valence-electron chi connectivity index (χ3n) is 4.39. The number of fused-ring (bicyclic) bond motifs is 3. The van der Waals surface area contributed by atoms with E-state index in [1.54, 1.807) is 12.1 Å². The number of imidazole rings is 1. The van der Waals surface area contributed by atoms with E-state index in [0.29, 0.717) is 29.9 Å². The van der Waals surface area contributed by atoms with Gasteiger partial charge in [-0.1, -0.05) is 12.1 Å². The fourth-order valence-electron chi connectivity index (χ4n) is 3.16. The number of benzene rings is 2. The van der Waals surface area contributed by atoms with E-state index in [-0.39, 0.29) is 17.9 Å². The molecule has 0 fully saturated rings. The molecule has 0 radical (unpaired) electrons. The van der Waals surface area contributed by atoms with Crippen molar-refractivity contribution < 1.29 is 18.7 Å². The first-order chi connectivity index (χ1) is 12.5. The number of rotatable bonds is 3. The van der Waals surface area contributed by atoms with Crippen LogP contribution in [0.2, 0.25) is 0 Å². The van der Waals surface area contributed by atoms with Gasteiger partial charge in [-0.05, 0) is 24.3 Å². The van der Waals surface area contributed by atoms with Gasteiger partial charge < -0.3 is 15.0 Å². The number of halogens is 2. The molecule has 4 rings (SSSR count). The zero-order chi connectivity index (χ0) is 18.3. The van der Waals surface area contributed by atoms with Crippen LogP contribution < -0.4 is 5.32 Å². The summed E-state index contributed by atoms with van der Waals surface area (Å²) in [4.78, 5) is 16.7. The second-order valence-electron chi connectivity index (χ2n) is 6.10. The lowest BCUT2D eigenvalue weighted by molar-refractivity contribution is -0.115. The van der Waals surface area contributed by atoms with Crippen LogP contribution in [-0.4, -0.2) is 20.6 Å². The van der Waals surface area contributed by atoms with E-state index < -0.39 is 17.5 Å². The Morgan fingerprint density at radius 1 is 1.23 bits per heavy atom. The van der Waals surface area contributed by atoms with Crippen LogP contribution in [-0.2, 0) is 11.3 Å². The van der Waals surface area contributed by atoms with Crippen molar-refractivity contribution in [1.29, 1.82) is 0 Å². The maximum absolute atomic E-state index is 13.7. The molecule has 2 N–H and O–H groups in total. The summed E-state index contributed by atoms with van der Waals surface area (Å²) in [6.07, 6.45) is 0.185. The highest BCUT2D eigenvalue weighted by Gasteiger charge is 2.25. The Balaban J connectivity index is 1.65. The van der Waals surface area contributed by atoms with Crippen LogP contribution in [0.1, 0.15) is 18.7 Å². The molecule has 1 amide bonds. The van der Waals surface area contributed by atoms with Gasteiger partial charge in [-0.15, -0.1) is 0 Å². The number of aryl methyl sites for hydroxylation is 1. The summed E-state index contributed by atoms with van der Waals surface area (Å²) in [5.41, 5.74) is 1.63. The molecule has 0 aliphatic carbocycles. The highest BCUT2D eigenvalue weighted by atomic mass is 19.1. The first-order valence-electron chi connectivity index (χ1n) is 8.14. The van der Waals surface area contributed by atoms with Gasteiger partial charge in [-0.3, -0.25) is 4.79 Å². The quantitative estimate of drug-likeness (QED) is 0.746. The summed E-state index contributed by atoms with van der Waals surface area (Å²) in [6.45, 7) is 0.488. The summed E-state index contributed by atoms with van der Waals surface area (Å²) >= 11 is 0. The van der Waals surface area contributed by atoms with Gasteiger partial charge >= 0.3 is 0 Å². The number of allylic oxidation sites excluding steroid dienone is 1. The number of hydrogen-bond donors (Lipinski definition) is 2. The second kappa shape index (κ2) is 6.25. The Morgan fingerprint density at radius 3 is 2.85 bits per heavy atom. The van der Waals surface area contributed by atoms with Gasteiger partial charge in [0.2, 0.25) is 5.91 Å². The molecule has 0 unspecified atom stereocenters. The first kappa shape index (κ1) is 16.3. The fourth-order valence-corrected chi connectivity index (χ4v) is 3.16. The van der Waals surface area contributed by atoms with Gasteiger partial charge in [-0.25, -0.2) is 13.8 Å². The number of amides is 1. The molecule has 3 aromatic rings. The zero-order valence-corrected chi connectivity index (χ0v) is 13.7. The average Bonchev–Trinajstić information content (AvgIpc) is 2.97. The second-order valence-corrected chi connectivity index (χ2v) is 6.10. The van der Waals surface area contributed by atoms with E-state index in [2.05, 4.69) is 10.3 Å². The fraction of sp³-hybridized carbons (Fsp3) is 0.158. The molecule has 0 saturated heterocycles. The minimum absolute atomic E-state index is 0.0666. The number of carbonyl (C=O) groups is 1. The molecule has 5 nitrogen and oxygen atoms in total. The molecule has 0 spiro atoms. The summed E-state index contributed by atoms with van der Waals surface area (Å²) in [5.74, 6) is -0.913. The third-order valence-corrected chi connectivity index (χ3v) is 4.39. The van der Waals surface area contributed by atoms with Gasteiger partial charge in [0.25, 0.3) is 0 Å². The lowest BCUT2D eigenvalue weighted by Crippen LogP contribution is -2.18. The number of aliphatic hydroxyl groups is 1. The van der Waals surface area contributed by atoms with Crippen molar-refractivity contribution in [3.8, 4) is 0 Å². The summed E-state index contributed by atoms with van der Waals surface area (Å²) in [7, 11) is 0. The highest BCUT2D eigenvalue weighted by molar-refractivity contribution is 5.98.